The summed E-state index contributed by atoms with van der Waals surface area (Å²) in [7, 11) is 4.29. The van der Waals surface area contributed by atoms with Gasteiger partial charge in [-0.3, -0.25) is 4.98 Å². The maximum Gasteiger partial charge on any atom is 0.0723 e. The van der Waals surface area contributed by atoms with Crippen LogP contribution in [-0.4, -0.2) is 43.1 Å². The van der Waals surface area contributed by atoms with Gasteiger partial charge in [0, 0.05) is 42.8 Å². The van der Waals surface area contributed by atoms with Crippen molar-refractivity contribution < 1.29 is 0 Å². The fourth-order valence-corrected chi connectivity index (χ4v) is 3.40. The molecule has 1 aromatic heterocycles. The zero-order chi connectivity index (χ0) is 14.8. The molecule has 2 heterocycles. The van der Waals surface area contributed by atoms with Crippen molar-refractivity contribution in [3.8, 4) is 0 Å². The van der Waals surface area contributed by atoms with Crippen LogP contribution in [0.1, 0.15) is 18.4 Å². The first-order valence-electron chi connectivity index (χ1n) is 7.68. The van der Waals surface area contributed by atoms with E-state index in [2.05, 4.69) is 47.1 Å². The molecule has 21 heavy (non-hydrogen) atoms. The molecule has 0 aliphatic carbocycles. The van der Waals surface area contributed by atoms with E-state index in [9.17, 15) is 0 Å². The lowest BCUT2D eigenvalue weighted by atomic mass is 10.1. The number of hydrogen-bond donors (Lipinski definition) is 1. The second-order valence-electron chi connectivity index (χ2n) is 6.11. The standard InChI is InChI=1S/C17H24N4/c1-20(2)12-14-6-5-9-21(14)17-13(10-18)11-19-16-8-4-3-7-15(16)17/h3-4,7-8,11,14H,5-6,9-10,12,18H2,1-2H3. The van der Waals surface area contributed by atoms with Gasteiger partial charge >= 0.3 is 0 Å². The summed E-state index contributed by atoms with van der Waals surface area (Å²) >= 11 is 0. The van der Waals surface area contributed by atoms with Crippen molar-refractivity contribution >= 4 is 16.6 Å². The molecule has 1 atom stereocenters. The van der Waals surface area contributed by atoms with Gasteiger partial charge in [0.05, 0.1) is 11.2 Å². The second kappa shape index (κ2) is 6.00. The number of nitrogens with two attached hydrogens (primary N) is 1. The van der Waals surface area contributed by atoms with Crippen LogP contribution in [0.4, 0.5) is 5.69 Å². The Balaban J connectivity index is 2.09. The molecule has 0 spiro atoms. The Labute approximate surface area is 126 Å². The molecule has 1 saturated heterocycles. The molecule has 3 rings (SSSR count). The minimum Gasteiger partial charge on any atom is -0.366 e. The lowest BCUT2D eigenvalue weighted by Crippen LogP contribution is -2.38. The van der Waals surface area contributed by atoms with E-state index in [1.165, 1.54) is 23.9 Å². The van der Waals surface area contributed by atoms with Crippen molar-refractivity contribution in [3.05, 3.63) is 36.0 Å². The number of anilines is 1. The molecule has 4 heteroatoms. The molecule has 0 saturated carbocycles. The molecular formula is C17H24N4. The van der Waals surface area contributed by atoms with Crippen molar-refractivity contribution in [2.75, 3.05) is 32.1 Å². The van der Waals surface area contributed by atoms with Crippen LogP contribution >= 0.6 is 0 Å². The molecule has 1 aliphatic rings. The summed E-state index contributed by atoms with van der Waals surface area (Å²) in [6.07, 6.45) is 4.45. The number of hydrogen-bond acceptors (Lipinski definition) is 4. The molecule has 1 aromatic carbocycles. The molecule has 0 amide bonds. The number of nitrogens with zero attached hydrogens (tertiary/aromatic N) is 3. The van der Waals surface area contributed by atoms with Gasteiger partial charge in [0.2, 0.25) is 0 Å². The predicted octanol–water partition coefficient (Wildman–Crippen LogP) is 2.22. The first kappa shape index (κ1) is 14.3. The Hall–Kier alpha value is -1.65. The average Bonchev–Trinajstić information content (AvgIpc) is 2.93. The number of benzene rings is 1. The van der Waals surface area contributed by atoms with Crippen LogP contribution in [0.15, 0.2) is 30.5 Å². The quantitative estimate of drug-likeness (QED) is 0.935. The molecule has 1 aliphatic heterocycles. The number of aromatic nitrogens is 1. The number of rotatable bonds is 4. The average molecular weight is 284 g/mol. The molecule has 0 bridgehead atoms. The SMILES string of the molecule is CN(C)CC1CCCN1c1c(CN)cnc2ccccc12. The van der Waals surface area contributed by atoms with Gasteiger partial charge in [-0.1, -0.05) is 18.2 Å². The number of fused-ring (bicyclic) bond motifs is 1. The molecule has 0 radical (unpaired) electrons. The van der Waals surface area contributed by atoms with Gasteiger partial charge in [0.25, 0.3) is 0 Å². The van der Waals surface area contributed by atoms with Crippen LogP contribution < -0.4 is 10.6 Å². The summed E-state index contributed by atoms with van der Waals surface area (Å²) in [6.45, 7) is 2.73. The molecule has 2 aromatic rings. The highest BCUT2D eigenvalue weighted by Crippen LogP contribution is 2.34. The van der Waals surface area contributed by atoms with E-state index in [0.29, 0.717) is 12.6 Å². The van der Waals surface area contributed by atoms with Crippen molar-refractivity contribution in [1.29, 1.82) is 0 Å². The Morgan fingerprint density at radius 1 is 1.33 bits per heavy atom. The van der Waals surface area contributed by atoms with Gasteiger partial charge in [0.1, 0.15) is 0 Å². The van der Waals surface area contributed by atoms with Crippen LogP contribution in [0.2, 0.25) is 0 Å². The predicted molar refractivity (Wildman–Crippen MR) is 88.6 cm³/mol. The van der Waals surface area contributed by atoms with Gasteiger partial charge in [-0.15, -0.1) is 0 Å². The maximum atomic E-state index is 5.98. The normalized spacial score (nSPS) is 18.9. The van der Waals surface area contributed by atoms with Gasteiger partial charge in [-0.25, -0.2) is 0 Å². The monoisotopic (exact) mass is 284 g/mol. The number of pyridine rings is 1. The summed E-state index contributed by atoms with van der Waals surface area (Å²) < 4.78 is 0. The molecule has 1 unspecified atom stereocenters. The zero-order valence-corrected chi connectivity index (χ0v) is 12.9. The first-order valence-corrected chi connectivity index (χ1v) is 7.68. The molecule has 4 nitrogen and oxygen atoms in total. The lowest BCUT2D eigenvalue weighted by molar-refractivity contribution is 0.372. The van der Waals surface area contributed by atoms with Crippen LogP contribution in [0.25, 0.3) is 10.9 Å². The third-order valence-corrected chi connectivity index (χ3v) is 4.28. The Morgan fingerprint density at radius 2 is 2.14 bits per heavy atom. The third kappa shape index (κ3) is 2.74. The topological polar surface area (TPSA) is 45.4 Å². The van der Waals surface area contributed by atoms with Gasteiger partial charge in [-0.2, -0.15) is 0 Å². The van der Waals surface area contributed by atoms with E-state index in [-0.39, 0.29) is 0 Å². The van der Waals surface area contributed by atoms with Crippen molar-refractivity contribution in [2.45, 2.75) is 25.4 Å². The van der Waals surface area contributed by atoms with Gasteiger partial charge < -0.3 is 15.5 Å². The highest BCUT2D eigenvalue weighted by Gasteiger charge is 2.28. The smallest absolute Gasteiger partial charge is 0.0723 e. The Bertz CT molecular complexity index is 623. The van der Waals surface area contributed by atoms with Crippen LogP contribution in [0, 0.1) is 0 Å². The minimum absolute atomic E-state index is 0.540. The Morgan fingerprint density at radius 3 is 2.90 bits per heavy atom. The molecule has 1 fully saturated rings. The summed E-state index contributed by atoms with van der Waals surface area (Å²) in [5.41, 5.74) is 9.49. The maximum absolute atomic E-state index is 5.98. The zero-order valence-electron chi connectivity index (χ0n) is 12.9. The fourth-order valence-electron chi connectivity index (χ4n) is 3.40. The third-order valence-electron chi connectivity index (χ3n) is 4.28. The van der Waals surface area contributed by atoms with Crippen LogP contribution in [0.3, 0.4) is 0 Å². The molecular weight excluding hydrogens is 260 g/mol. The number of likely N-dealkylation sites (N-methyl/N-ethyl adjacent to an activating group) is 1. The van der Waals surface area contributed by atoms with Crippen LogP contribution in [0.5, 0.6) is 0 Å². The summed E-state index contributed by atoms with van der Waals surface area (Å²) in [5.74, 6) is 0. The van der Waals surface area contributed by atoms with Crippen molar-refractivity contribution in [2.24, 2.45) is 5.73 Å². The molecule has 112 valence electrons. The summed E-state index contributed by atoms with van der Waals surface area (Å²) in [5, 5.41) is 1.23. The highest BCUT2D eigenvalue weighted by molar-refractivity contribution is 5.93. The number of para-hydroxylation sites is 1. The van der Waals surface area contributed by atoms with Crippen molar-refractivity contribution in [3.63, 3.8) is 0 Å². The van der Waals surface area contributed by atoms with E-state index in [0.717, 1.165) is 24.2 Å². The van der Waals surface area contributed by atoms with Gasteiger partial charge in [-0.05, 0) is 33.0 Å². The first-order chi connectivity index (χ1) is 10.2. The fraction of sp³-hybridized carbons (Fsp3) is 0.471. The van der Waals surface area contributed by atoms with Gasteiger partial charge in [0.15, 0.2) is 0 Å². The van der Waals surface area contributed by atoms with E-state index in [4.69, 9.17) is 5.73 Å². The van der Waals surface area contributed by atoms with Crippen LogP contribution in [-0.2, 0) is 6.54 Å². The van der Waals surface area contributed by atoms with E-state index in [1.54, 1.807) is 0 Å². The lowest BCUT2D eigenvalue weighted by Gasteiger charge is -2.31. The molecule has 2 N–H and O–H groups in total. The Kier molecular flexibility index (Phi) is 4.08. The largest absolute Gasteiger partial charge is 0.366 e. The summed E-state index contributed by atoms with van der Waals surface area (Å²) in [4.78, 5) is 9.37. The van der Waals surface area contributed by atoms with E-state index >= 15 is 0 Å². The highest BCUT2D eigenvalue weighted by atomic mass is 15.2. The summed E-state index contributed by atoms with van der Waals surface area (Å²) in [6, 6.07) is 8.95. The van der Waals surface area contributed by atoms with Crippen molar-refractivity contribution in [1.82, 2.24) is 9.88 Å². The van der Waals surface area contributed by atoms with E-state index < -0.39 is 0 Å². The minimum atomic E-state index is 0.540. The second-order valence-corrected chi connectivity index (χ2v) is 6.11. The van der Waals surface area contributed by atoms with E-state index in [1.807, 2.05) is 12.3 Å².